The van der Waals surface area contributed by atoms with E-state index in [0.717, 1.165) is 48.6 Å². The number of para-hydroxylation sites is 1. The van der Waals surface area contributed by atoms with Gasteiger partial charge in [-0.25, -0.2) is 4.39 Å². The molecule has 1 heterocycles. The van der Waals surface area contributed by atoms with Gasteiger partial charge in [0.05, 0.1) is 6.42 Å². The lowest BCUT2D eigenvalue weighted by molar-refractivity contribution is -0.127. The Morgan fingerprint density at radius 3 is 2.33 bits per heavy atom. The summed E-state index contributed by atoms with van der Waals surface area (Å²) in [6, 6.07) is 19.1. The molecule has 6 nitrogen and oxygen atoms in total. The monoisotopic (exact) mass is 525 g/mol. The first-order chi connectivity index (χ1) is 18.9. The molecule has 7 heteroatoms. The number of amides is 2. The third-order valence-electron chi connectivity index (χ3n) is 7.48. The number of anilines is 1. The molecular weight excluding hydrogens is 493 g/mol. The number of hydrogen-bond donors (Lipinski definition) is 2. The topological polar surface area (TPSA) is 82.3 Å². The van der Waals surface area contributed by atoms with Crippen LogP contribution in [0.5, 0.6) is 0 Å². The molecule has 1 aliphatic rings. The number of fused-ring (bicyclic) bond motifs is 1. The molecule has 1 fully saturated rings. The van der Waals surface area contributed by atoms with Crippen LogP contribution in [0.15, 0.2) is 79.0 Å². The molecule has 4 aromatic rings. The SMILES string of the molecule is CC(=O)c1ccc(N(C(=O)Cc2c[nH]c3ccccc23)[C@@H](C(=O)NC2CCCCC2)c2ccc(F)cc2)cc1. The minimum absolute atomic E-state index is 0.0276. The van der Waals surface area contributed by atoms with Crippen molar-refractivity contribution in [1.82, 2.24) is 10.3 Å². The molecule has 5 rings (SSSR count). The zero-order valence-corrected chi connectivity index (χ0v) is 22.0. The molecular formula is C32H32FN3O3. The van der Waals surface area contributed by atoms with E-state index in [1.54, 1.807) is 36.4 Å². The minimum Gasteiger partial charge on any atom is -0.361 e. The average Bonchev–Trinajstić information content (AvgIpc) is 3.35. The van der Waals surface area contributed by atoms with Crippen LogP contribution in [0.3, 0.4) is 0 Å². The lowest BCUT2D eigenvalue weighted by Gasteiger charge is -2.33. The van der Waals surface area contributed by atoms with E-state index in [1.807, 2.05) is 30.5 Å². The van der Waals surface area contributed by atoms with Gasteiger partial charge in [-0.1, -0.05) is 49.6 Å². The maximum atomic E-state index is 14.1. The van der Waals surface area contributed by atoms with E-state index < -0.39 is 11.9 Å². The smallest absolute Gasteiger partial charge is 0.248 e. The van der Waals surface area contributed by atoms with E-state index in [0.29, 0.717) is 16.8 Å². The molecule has 2 amide bonds. The molecule has 0 spiro atoms. The van der Waals surface area contributed by atoms with Crippen molar-refractivity contribution < 1.29 is 18.8 Å². The highest BCUT2D eigenvalue weighted by molar-refractivity contribution is 6.04. The summed E-state index contributed by atoms with van der Waals surface area (Å²) in [7, 11) is 0. The van der Waals surface area contributed by atoms with E-state index >= 15 is 0 Å². The van der Waals surface area contributed by atoms with Crippen molar-refractivity contribution >= 4 is 34.2 Å². The molecule has 0 bridgehead atoms. The van der Waals surface area contributed by atoms with E-state index in [1.165, 1.54) is 24.0 Å². The highest BCUT2D eigenvalue weighted by atomic mass is 19.1. The van der Waals surface area contributed by atoms with Gasteiger partial charge in [-0.2, -0.15) is 0 Å². The maximum Gasteiger partial charge on any atom is 0.248 e. The number of halogens is 1. The number of H-pyrrole nitrogens is 1. The molecule has 0 aliphatic heterocycles. The van der Waals surface area contributed by atoms with Gasteiger partial charge in [-0.15, -0.1) is 0 Å². The van der Waals surface area contributed by atoms with E-state index in [2.05, 4.69) is 10.3 Å². The maximum absolute atomic E-state index is 14.1. The molecule has 0 unspecified atom stereocenters. The first-order valence-electron chi connectivity index (χ1n) is 13.4. The van der Waals surface area contributed by atoms with Crippen molar-refractivity contribution in [3.63, 3.8) is 0 Å². The fourth-order valence-corrected chi connectivity index (χ4v) is 5.41. The molecule has 1 aromatic heterocycles. The summed E-state index contributed by atoms with van der Waals surface area (Å²) in [5.74, 6) is -1.11. The Morgan fingerprint density at radius 1 is 0.949 bits per heavy atom. The van der Waals surface area contributed by atoms with Gasteiger partial charge in [0.2, 0.25) is 11.8 Å². The van der Waals surface area contributed by atoms with Gasteiger partial charge in [0.15, 0.2) is 5.78 Å². The minimum atomic E-state index is -1.02. The predicted octanol–water partition coefficient (Wildman–Crippen LogP) is 6.28. The Balaban J connectivity index is 1.57. The van der Waals surface area contributed by atoms with Crippen LogP contribution < -0.4 is 10.2 Å². The lowest BCUT2D eigenvalue weighted by atomic mass is 9.94. The molecule has 1 saturated carbocycles. The summed E-state index contributed by atoms with van der Waals surface area (Å²) in [5.41, 5.74) is 3.23. The Morgan fingerprint density at radius 2 is 1.64 bits per heavy atom. The summed E-state index contributed by atoms with van der Waals surface area (Å²) >= 11 is 0. The van der Waals surface area contributed by atoms with Crippen LogP contribution in [0, 0.1) is 5.82 Å². The number of Topliss-reactive ketones (excluding diaryl/α,β-unsaturated/α-hetero) is 1. The molecule has 0 saturated heterocycles. The van der Waals surface area contributed by atoms with E-state index in [9.17, 15) is 18.8 Å². The summed E-state index contributed by atoms with van der Waals surface area (Å²) in [6.45, 7) is 1.48. The first-order valence-corrected chi connectivity index (χ1v) is 13.4. The second-order valence-corrected chi connectivity index (χ2v) is 10.2. The normalized spacial score (nSPS) is 14.6. The Bertz CT molecular complexity index is 1470. The molecule has 1 atom stereocenters. The molecule has 2 N–H and O–H groups in total. The summed E-state index contributed by atoms with van der Waals surface area (Å²) < 4.78 is 13.9. The van der Waals surface area contributed by atoms with Crippen molar-refractivity contribution in [1.29, 1.82) is 0 Å². The number of hydrogen-bond acceptors (Lipinski definition) is 3. The zero-order valence-electron chi connectivity index (χ0n) is 22.0. The first kappa shape index (κ1) is 26.4. The third kappa shape index (κ3) is 5.93. The summed E-state index contributed by atoms with van der Waals surface area (Å²) in [5, 5.41) is 4.10. The van der Waals surface area contributed by atoms with Crippen LogP contribution in [-0.4, -0.2) is 28.6 Å². The van der Waals surface area contributed by atoms with Gasteiger partial charge in [-0.3, -0.25) is 19.3 Å². The number of benzene rings is 3. The van der Waals surface area contributed by atoms with Gasteiger partial charge in [0.1, 0.15) is 11.9 Å². The van der Waals surface area contributed by atoms with Gasteiger partial charge >= 0.3 is 0 Å². The fourth-order valence-electron chi connectivity index (χ4n) is 5.41. The van der Waals surface area contributed by atoms with E-state index in [-0.39, 0.29) is 30.1 Å². The van der Waals surface area contributed by atoms with Crippen LogP contribution in [0.2, 0.25) is 0 Å². The number of rotatable bonds is 8. The van der Waals surface area contributed by atoms with Crippen molar-refractivity contribution in [2.24, 2.45) is 0 Å². The fraction of sp³-hybridized carbons (Fsp3) is 0.281. The van der Waals surface area contributed by atoms with Gasteiger partial charge in [0.25, 0.3) is 0 Å². The lowest BCUT2D eigenvalue weighted by Crippen LogP contribution is -2.47. The van der Waals surface area contributed by atoms with Crippen LogP contribution in [0.25, 0.3) is 10.9 Å². The molecule has 39 heavy (non-hydrogen) atoms. The predicted molar refractivity (Wildman–Crippen MR) is 150 cm³/mol. The second-order valence-electron chi connectivity index (χ2n) is 10.2. The summed E-state index contributed by atoms with van der Waals surface area (Å²) in [6.07, 6.45) is 6.87. The van der Waals surface area contributed by atoms with Gasteiger partial charge in [-0.05, 0) is 73.4 Å². The quantitative estimate of drug-likeness (QED) is 0.266. The molecule has 1 aliphatic carbocycles. The third-order valence-corrected chi connectivity index (χ3v) is 7.48. The van der Waals surface area contributed by atoms with Crippen LogP contribution in [0.4, 0.5) is 10.1 Å². The number of ketones is 1. The number of nitrogens with one attached hydrogen (secondary N) is 2. The van der Waals surface area contributed by atoms with Gasteiger partial charge < -0.3 is 10.3 Å². The molecule has 0 radical (unpaired) electrons. The largest absolute Gasteiger partial charge is 0.361 e. The number of aromatic amines is 1. The van der Waals surface area contributed by atoms with Crippen molar-refractivity contribution in [2.75, 3.05) is 4.90 Å². The van der Waals surface area contributed by atoms with Crippen LogP contribution in [-0.2, 0) is 16.0 Å². The van der Waals surface area contributed by atoms with Crippen molar-refractivity contribution in [2.45, 2.75) is 57.5 Å². The summed E-state index contributed by atoms with van der Waals surface area (Å²) in [4.78, 5) is 44.7. The van der Waals surface area contributed by atoms with Crippen LogP contribution in [0.1, 0.15) is 66.6 Å². The number of carbonyl (C=O) groups excluding carboxylic acids is 3. The van der Waals surface area contributed by atoms with E-state index in [4.69, 9.17) is 0 Å². The Kier molecular flexibility index (Phi) is 7.87. The standard InChI is InChI=1S/C32H32FN3O3/c1-21(37)22-13-17-27(18-14-22)36(30(38)19-24-20-34-29-10-6-5-9-28(24)29)31(23-11-15-25(33)16-12-23)32(39)35-26-7-3-2-4-8-26/h5-6,9-18,20,26,31,34H,2-4,7-8,19H2,1H3,(H,35,39)/t31-/m1/s1. The zero-order chi connectivity index (χ0) is 27.4. The van der Waals surface area contributed by atoms with Gasteiger partial charge in [0, 0.05) is 34.4 Å². The Labute approximate surface area is 227 Å². The van der Waals surface area contributed by atoms with Crippen molar-refractivity contribution in [3.05, 3.63) is 102 Å². The number of carbonyl (C=O) groups is 3. The highest BCUT2D eigenvalue weighted by Crippen LogP contribution is 2.31. The molecule has 200 valence electrons. The van der Waals surface area contributed by atoms with Crippen molar-refractivity contribution in [3.8, 4) is 0 Å². The van der Waals surface area contributed by atoms with Crippen LogP contribution >= 0.6 is 0 Å². The Hall–Kier alpha value is -4.26. The highest BCUT2D eigenvalue weighted by Gasteiger charge is 2.34. The molecule has 3 aromatic carbocycles. The number of nitrogens with zero attached hydrogens (tertiary/aromatic N) is 1. The average molecular weight is 526 g/mol. The second kappa shape index (κ2) is 11.6. The number of aromatic nitrogens is 1.